The molecule has 1 aliphatic rings. The van der Waals surface area contributed by atoms with E-state index in [1.807, 2.05) is 0 Å². The molecule has 0 radical (unpaired) electrons. The minimum atomic E-state index is -0.165. The monoisotopic (exact) mass is 263 g/mol. The van der Waals surface area contributed by atoms with Crippen molar-refractivity contribution in [2.45, 2.75) is 25.8 Å². The molecule has 19 heavy (non-hydrogen) atoms. The number of likely N-dealkylation sites (N-methyl/N-ethyl adjacent to an activating group) is 1. The zero-order valence-corrected chi connectivity index (χ0v) is 11.5. The Bertz CT molecular complexity index is 416. The van der Waals surface area contributed by atoms with E-state index in [0.717, 1.165) is 19.1 Å². The number of amides is 1. The van der Waals surface area contributed by atoms with E-state index >= 15 is 0 Å². The van der Waals surface area contributed by atoms with Gasteiger partial charge in [0.1, 0.15) is 11.5 Å². The van der Waals surface area contributed by atoms with Gasteiger partial charge in [0.2, 0.25) is 0 Å². The fourth-order valence-corrected chi connectivity index (χ4v) is 2.02. The lowest BCUT2D eigenvalue weighted by Gasteiger charge is -2.19. The Kier molecular flexibility index (Phi) is 4.68. The Hall–Kier alpha value is -1.69. The molecule has 1 aliphatic carbocycles. The van der Waals surface area contributed by atoms with Gasteiger partial charge in [-0.15, -0.1) is 0 Å². The van der Waals surface area contributed by atoms with Gasteiger partial charge in [-0.2, -0.15) is 0 Å². The number of hydrogen-bond donors (Lipinski definition) is 2. The number of anilines is 1. The van der Waals surface area contributed by atoms with Crippen LogP contribution < -0.4 is 10.6 Å². The van der Waals surface area contributed by atoms with Crippen molar-refractivity contribution in [1.82, 2.24) is 20.2 Å². The zero-order chi connectivity index (χ0) is 13.7. The van der Waals surface area contributed by atoms with Crippen LogP contribution in [0.25, 0.3) is 0 Å². The third-order valence-electron chi connectivity index (χ3n) is 3.29. The average Bonchev–Trinajstić information content (AvgIpc) is 3.28. The summed E-state index contributed by atoms with van der Waals surface area (Å²) >= 11 is 0. The second-order valence-electron chi connectivity index (χ2n) is 4.65. The molecule has 0 bridgehead atoms. The first-order valence-electron chi connectivity index (χ1n) is 6.76. The number of rotatable bonds is 7. The molecule has 0 unspecified atom stereocenters. The maximum atomic E-state index is 11.8. The van der Waals surface area contributed by atoms with Crippen molar-refractivity contribution in [1.29, 1.82) is 0 Å². The molecular weight excluding hydrogens is 242 g/mol. The van der Waals surface area contributed by atoms with Crippen molar-refractivity contribution >= 4 is 11.7 Å². The lowest BCUT2D eigenvalue weighted by atomic mass is 10.4. The summed E-state index contributed by atoms with van der Waals surface area (Å²) in [6, 6.07) is 0.733. The molecule has 0 aliphatic heterocycles. The van der Waals surface area contributed by atoms with Gasteiger partial charge < -0.3 is 10.6 Å². The van der Waals surface area contributed by atoms with Crippen LogP contribution in [0.2, 0.25) is 0 Å². The molecular formula is C13H21N5O. The molecule has 6 heteroatoms. The third kappa shape index (κ3) is 3.89. The maximum absolute atomic E-state index is 11.8. The molecule has 0 spiro atoms. The predicted octanol–water partition coefficient (Wildman–Crippen LogP) is 0.732. The van der Waals surface area contributed by atoms with Gasteiger partial charge in [-0.1, -0.05) is 6.92 Å². The molecule has 0 saturated heterocycles. The maximum Gasteiger partial charge on any atom is 0.271 e. The first kappa shape index (κ1) is 13.7. The SMILES string of the molecule is CCN(CCNC(=O)c1cnc(NC)cn1)C1CC1. The van der Waals surface area contributed by atoms with Crippen LogP contribution >= 0.6 is 0 Å². The van der Waals surface area contributed by atoms with Gasteiger partial charge in [0.05, 0.1) is 12.4 Å². The quantitative estimate of drug-likeness (QED) is 0.759. The fourth-order valence-electron chi connectivity index (χ4n) is 2.02. The Labute approximate surface area is 113 Å². The van der Waals surface area contributed by atoms with E-state index in [-0.39, 0.29) is 5.91 Å². The van der Waals surface area contributed by atoms with Gasteiger partial charge in [0.25, 0.3) is 5.91 Å². The minimum absolute atomic E-state index is 0.165. The highest BCUT2D eigenvalue weighted by atomic mass is 16.1. The van der Waals surface area contributed by atoms with E-state index in [1.54, 1.807) is 13.2 Å². The molecule has 0 aromatic carbocycles. The summed E-state index contributed by atoms with van der Waals surface area (Å²) in [5.74, 6) is 0.490. The highest BCUT2D eigenvalue weighted by molar-refractivity contribution is 5.91. The van der Waals surface area contributed by atoms with Crippen LogP contribution in [0.4, 0.5) is 5.82 Å². The largest absolute Gasteiger partial charge is 0.372 e. The molecule has 1 aromatic heterocycles. The van der Waals surface area contributed by atoms with Gasteiger partial charge in [-0.3, -0.25) is 9.69 Å². The molecule has 0 atom stereocenters. The van der Waals surface area contributed by atoms with E-state index in [0.29, 0.717) is 18.1 Å². The van der Waals surface area contributed by atoms with Crippen LogP contribution in [0, 0.1) is 0 Å². The summed E-state index contributed by atoms with van der Waals surface area (Å²) in [5, 5.41) is 5.75. The molecule has 2 N–H and O–H groups in total. The summed E-state index contributed by atoms with van der Waals surface area (Å²) in [7, 11) is 1.76. The van der Waals surface area contributed by atoms with E-state index < -0.39 is 0 Å². The molecule has 1 fully saturated rings. The summed E-state index contributed by atoms with van der Waals surface area (Å²) in [5.41, 5.74) is 0.355. The zero-order valence-electron chi connectivity index (χ0n) is 11.5. The Morgan fingerprint density at radius 3 is 2.74 bits per heavy atom. The van der Waals surface area contributed by atoms with Crippen molar-refractivity contribution in [3.63, 3.8) is 0 Å². The Morgan fingerprint density at radius 1 is 1.42 bits per heavy atom. The third-order valence-corrected chi connectivity index (χ3v) is 3.29. The number of nitrogens with zero attached hydrogens (tertiary/aromatic N) is 3. The smallest absolute Gasteiger partial charge is 0.271 e. The van der Waals surface area contributed by atoms with Crippen molar-refractivity contribution in [3.05, 3.63) is 18.1 Å². The van der Waals surface area contributed by atoms with E-state index in [9.17, 15) is 4.79 Å². The number of nitrogens with one attached hydrogen (secondary N) is 2. The number of carbonyl (C=O) groups excluding carboxylic acids is 1. The second kappa shape index (κ2) is 6.47. The van der Waals surface area contributed by atoms with Crippen molar-refractivity contribution in [2.24, 2.45) is 0 Å². The number of aromatic nitrogens is 2. The van der Waals surface area contributed by atoms with Gasteiger partial charge >= 0.3 is 0 Å². The molecule has 1 heterocycles. The summed E-state index contributed by atoms with van der Waals surface area (Å²) < 4.78 is 0. The van der Waals surface area contributed by atoms with Gasteiger partial charge in [-0.05, 0) is 19.4 Å². The van der Waals surface area contributed by atoms with Crippen LogP contribution in [0.3, 0.4) is 0 Å². The molecule has 104 valence electrons. The highest BCUT2D eigenvalue weighted by Gasteiger charge is 2.27. The fraction of sp³-hybridized carbons (Fsp3) is 0.615. The lowest BCUT2D eigenvalue weighted by molar-refractivity contribution is 0.0942. The molecule has 6 nitrogen and oxygen atoms in total. The normalized spacial score (nSPS) is 14.5. The predicted molar refractivity (Wildman–Crippen MR) is 74.2 cm³/mol. The van der Waals surface area contributed by atoms with Crippen molar-refractivity contribution in [3.8, 4) is 0 Å². The van der Waals surface area contributed by atoms with Crippen LogP contribution in [0.1, 0.15) is 30.3 Å². The van der Waals surface area contributed by atoms with Crippen LogP contribution in [0.15, 0.2) is 12.4 Å². The first-order valence-corrected chi connectivity index (χ1v) is 6.76. The summed E-state index contributed by atoms with van der Waals surface area (Å²) in [6.07, 6.45) is 5.62. The van der Waals surface area contributed by atoms with Crippen LogP contribution in [0.5, 0.6) is 0 Å². The van der Waals surface area contributed by atoms with E-state index in [4.69, 9.17) is 0 Å². The van der Waals surface area contributed by atoms with Gasteiger partial charge in [0.15, 0.2) is 0 Å². The topological polar surface area (TPSA) is 70.2 Å². The van der Waals surface area contributed by atoms with Gasteiger partial charge in [0, 0.05) is 26.2 Å². The van der Waals surface area contributed by atoms with Gasteiger partial charge in [-0.25, -0.2) is 9.97 Å². The minimum Gasteiger partial charge on any atom is -0.372 e. The highest BCUT2D eigenvalue weighted by Crippen LogP contribution is 2.25. The molecule has 1 aromatic rings. The Balaban J connectivity index is 1.76. The lowest BCUT2D eigenvalue weighted by Crippen LogP contribution is -2.36. The summed E-state index contributed by atoms with van der Waals surface area (Å²) in [4.78, 5) is 22.4. The van der Waals surface area contributed by atoms with E-state index in [2.05, 4.69) is 32.4 Å². The molecule has 1 saturated carbocycles. The Morgan fingerprint density at radius 2 is 2.21 bits per heavy atom. The molecule has 2 rings (SSSR count). The second-order valence-corrected chi connectivity index (χ2v) is 4.65. The van der Waals surface area contributed by atoms with Crippen LogP contribution in [-0.2, 0) is 0 Å². The van der Waals surface area contributed by atoms with Crippen molar-refractivity contribution in [2.75, 3.05) is 32.0 Å². The van der Waals surface area contributed by atoms with E-state index in [1.165, 1.54) is 19.0 Å². The number of carbonyl (C=O) groups is 1. The standard InChI is InChI=1S/C13H21N5O/c1-3-18(10-4-5-10)7-6-15-13(19)11-8-17-12(14-2)9-16-11/h8-10H,3-7H2,1-2H3,(H,14,17)(H,15,19). The van der Waals surface area contributed by atoms with Crippen molar-refractivity contribution < 1.29 is 4.79 Å². The average molecular weight is 263 g/mol. The first-order chi connectivity index (χ1) is 9.24. The van der Waals surface area contributed by atoms with Crippen LogP contribution in [-0.4, -0.2) is 53.5 Å². The summed E-state index contributed by atoms with van der Waals surface area (Å²) in [6.45, 7) is 4.74. The number of hydrogen-bond acceptors (Lipinski definition) is 5. The molecule has 1 amide bonds.